The molecule has 1 atom stereocenters. The van der Waals surface area contributed by atoms with E-state index in [2.05, 4.69) is 5.32 Å². The summed E-state index contributed by atoms with van der Waals surface area (Å²) >= 11 is 0. The highest BCUT2D eigenvalue weighted by Gasteiger charge is 2.23. The largest absolute Gasteiger partial charge is 0.477 e. The molecule has 0 aliphatic rings. The maximum atomic E-state index is 13.8. The van der Waals surface area contributed by atoms with Crippen molar-refractivity contribution in [1.82, 2.24) is 0 Å². The van der Waals surface area contributed by atoms with Crippen LogP contribution >= 0.6 is 0 Å². The second kappa shape index (κ2) is 6.83. The van der Waals surface area contributed by atoms with E-state index in [1.807, 2.05) is 13.8 Å². The van der Waals surface area contributed by atoms with E-state index in [4.69, 9.17) is 5.11 Å². The second-order valence-corrected chi connectivity index (χ2v) is 4.60. The van der Waals surface area contributed by atoms with Crippen LogP contribution in [0.5, 0.6) is 0 Å². The number of carboxylic acids is 1. The number of hydrogen-bond acceptors (Lipinski definition) is 4. The Morgan fingerprint density at radius 1 is 1.55 bits per heavy atom. The van der Waals surface area contributed by atoms with Crippen molar-refractivity contribution in [3.05, 3.63) is 33.6 Å². The highest BCUT2D eigenvalue weighted by atomic mass is 19.1. The summed E-state index contributed by atoms with van der Waals surface area (Å²) in [7, 11) is 0. The van der Waals surface area contributed by atoms with Crippen molar-refractivity contribution < 1.29 is 19.2 Å². The van der Waals surface area contributed by atoms with Gasteiger partial charge in [-0.25, -0.2) is 9.18 Å². The minimum Gasteiger partial charge on any atom is -0.477 e. The van der Waals surface area contributed by atoms with Gasteiger partial charge in [0.2, 0.25) is 0 Å². The van der Waals surface area contributed by atoms with Crippen molar-refractivity contribution in [2.45, 2.75) is 39.2 Å². The van der Waals surface area contributed by atoms with Crippen LogP contribution in [0.25, 0.3) is 0 Å². The van der Waals surface area contributed by atoms with Gasteiger partial charge in [-0.2, -0.15) is 0 Å². The number of nitrogens with one attached hydrogen (secondary N) is 1. The van der Waals surface area contributed by atoms with Gasteiger partial charge >= 0.3 is 5.97 Å². The number of unbranched alkanes of at least 4 members (excludes halogenated alkanes) is 1. The molecule has 0 bridgehead atoms. The predicted molar refractivity (Wildman–Crippen MR) is 72.6 cm³/mol. The topological polar surface area (TPSA) is 92.5 Å². The van der Waals surface area contributed by atoms with E-state index < -0.39 is 28.0 Å². The van der Waals surface area contributed by atoms with Crippen LogP contribution in [0.1, 0.15) is 43.5 Å². The van der Waals surface area contributed by atoms with Crippen molar-refractivity contribution in [1.29, 1.82) is 0 Å². The summed E-state index contributed by atoms with van der Waals surface area (Å²) in [5.74, 6) is -2.29. The van der Waals surface area contributed by atoms with E-state index in [1.165, 1.54) is 0 Å². The van der Waals surface area contributed by atoms with Crippen molar-refractivity contribution in [3.8, 4) is 0 Å². The highest BCUT2D eigenvalue weighted by molar-refractivity contribution is 5.93. The predicted octanol–water partition coefficient (Wildman–Crippen LogP) is 3.42. The third-order valence-corrected chi connectivity index (χ3v) is 2.91. The molecular weight excluding hydrogens is 267 g/mol. The molecule has 0 aliphatic carbocycles. The van der Waals surface area contributed by atoms with E-state index in [1.54, 1.807) is 0 Å². The van der Waals surface area contributed by atoms with Crippen LogP contribution < -0.4 is 5.32 Å². The van der Waals surface area contributed by atoms with Crippen LogP contribution in [0.4, 0.5) is 15.8 Å². The van der Waals surface area contributed by atoms with Gasteiger partial charge in [-0.3, -0.25) is 10.1 Å². The lowest BCUT2D eigenvalue weighted by molar-refractivity contribution is -0.385. The molecule has 0 saturated heterocycles. The molecule has 0 spiro atoms. The van der Waals surface area contributed by atoms with E-state index in [9.17, 15) is 19.3 Å². The lowest BCUT2D eigenvalue weighted by atomic mass is 10.1. The quantitative estimate of drug-likeness (QED) is 0.591. The summed E-state index contributed by atoms with van der Waals surface area (Å²) in [6, 6.07) is 1.56. The monoisotopic (exact) mass is 284 g/mol. The number of anilines is 1. The first-order valence-electron chi connectivity index (χ1n) is 6.34. The van der Waals surface area contributed by atoms with Gasteiger partial charge in [0.15, 0.2) is 5.82 Å². The molecule has 1 rings (SSSR count). The Balaban J connectivity index is 3.06. The lowest BCUT2D eigenvalue weighted by Gasteiger charge is -2.15. The standard InChI is InChI=1S/C13H17FN2O4/c1-3-4-5-8(2)15-11-6-9(13(17)18)12(16(19)20)7-10(11)14/h6-8,15H,3-5H2,1-2H3,(H,17,18). The van der Waals surface area contributed by atoms with Crippen LogP contribution in [0.15, 0.2) is 12.1 Å². The van der Waals surface area contributed by atoms with E-state index in [0.717, 1.165) is 25.3 Å². The number of halogens is 1. The molecule has 1 aromatic rings. The van der Waals surface area contributed by atoms with Gasteiger partial charge in [0, 0.05) is 6.04 Å². The van der Waals surface area contributed by atoms with Crippen LogP contribution in [0.2, 0.25) is 0 Å². The Morgan fingerprint density at radius 2 is 2.20 bits per heavy atom. The van der Waals surface area contributed by atoms with Gasteiger partial charge in [0.25, 0.3) is 5.69 Å². The molecule has 20 heavy (non-hydrogen) atoms. The van der Waals surface area contributed by atoms with Gasteiger partial charge in [-0.15, -0.1) is 0 Å². The van der Waals surface area contributed by atoms with Crippen LogP contribution in [-0.2, 0) is 0 Å². The van der Waals surface area contributed by atoms with Crippen LogP contribution in [0.3, 0.4) is 0 Å². The first kappa shape index (κ1) is 15.9. The fourth-order valence-corrected chi connectivity index (χ4v) is 1.84. The molecule has 1 aromatic carbocycles. The number of carboxylic acid groups (broad SMARTS) is 1. The summed E-state index contributed by atoms with van der Waals surface area (Å²) in [4.78, 5) is 20.8. The number of hydrogen-bond donors (Lipinski definition) is 2. The summed E-state index contributed by atoms with van der Waals surface area (Å²) in [5, 5.41) is 22.5. The first-order chi connectivity index (χ1) is 9.36. The number of nitro groups is 1. The zero-order chi connectivity index (χ0) is 15.3. The lowest BCUT2D eigenvalue weighted by Crippen LogP contribution is -2.17. The second-order valence-electron chi connectivity index (χ2n) is 4.60. The third kappa shape index (κ3) is 3.91. The molecule has 2 N–H and O–H groups in total. The average Bonchev–Trinajstić information content (AvgIpc) is 2.37. The summed E-state index contributed by atoms with van der Waals surface area (Å²) < 4.78 is 13.8. The number of nitrogens with zero attached hydrogens (tertiary/aromatic N) is 1. The molecule has 0 aromatic heterocycles. The van der Waals surface area contributed by atoms with Crippen LogP contribution in [-0.4, -0.2) is 22.0 Å². The molecule has 7 heteroatoms. The molecule has 110 valence electrons. The fraction of sp³-hybridized carbons (Fsp3) is 0.462. The Labute approximate surface area is 115 Å². The fourth-order valence-electron chi connectivity index (χ4n) is 1.84. The molecule has 0 saturated carbocycles. The van der Waals surface area contributed by atoms with Gasteiger partial charge < -0.3 is 10.4 Å². The van der Waals surface area contributed by atoms with E-state index in [-0.39, 0.29) is 11.7 Å². The van der Waals surface area contributed by atoms with Gasteiger partial charge in [0.1, 0.15) is 5.56 Å². The number of carbonyl (C=O) groups is 1. The molecule has 0 radical (unpaired) electrons. The molecule has 6 nitrogen and oxygen atoms in total. The van der Waals surface area contributed by atoms with Gasteiger partial charge in [0.05, 0.1) is 16.7 Å². The van der Waals surface area contributed by atoms with E-state index >= 15 is 0 Å². The smallest absolute Gasteiger partial charge is 0.342 e. The van der Waals surface area contributed by atoms with E-state index in [0.29, 0.717) is 6.07 Å². The minimum atomic E-state index is -1.46. The zero-order valence-corrected chi connectivity index (χ0v) is 11.4. The van der Waals surface area contributed by atoms with Crippen molar-refractivity contribution in [2.75, 3.05) is 5.32 Å². The van der Waals surface area contributed by atoms with Crippen molar-refractivity contribution in [2.24, 2.45) is 0 Å². The SMILES string of the molecule is CCCCC(C)Nc1cc(C(=O)O)c([N+](=O)[O-])cc1F. The Kier molecular flexibility index (Phi) is 5.42. The summed E-state index contributed by atoms with van der Waals surface area (Å²) in [5.41, 5.74) is -1.31. The van der Waals surface area contributed by atoms with Gasteiger partial charge in [-0.1, -0.05) is 19.8 Å². The molecule has 0 amide bonds. The number of aromatic carboxylic acids is 1. The molecular formula is C13H17FN2O4. The van der Waals surface area contributed by atoms with Crippen LogP contribution in [0, 0.1) is 15.9 Å². The zero-order valence-electron chi connectivity index (χ0n) is 11.4. The first-order valence-corrected chi connectivity index (χ1v) is 6.34. The normalized spacial score (nSPS) is 11.9. The van der Waals surface area contributed by atoms with Crippen molar-refractivity contribution in [3.63, 3.8) is 0 Å². The van der Waals surface area contributed by atoms with Crippen molar-refractivity contribution >= 4 is 17.3 Å². The average molecular weight is 284 g/mol. The number of nitro benzene ring substituents is 1. The summed E-state index contributed by atoms with van der Waals surface area (Å²) in [6.45, 7) is 3.87. The highest BCUT2D eigenvalue weighted by Crippen LogP contribution is 2.27. The Morgan fingerprint density at radius 3 is 2.70 bits per heavy atom. The summed E-state index contributed by atoms with van der Waals surface area (Å²) in [6.07, 6.45) is 2.75. The molecule has 0 aliphatic heterocycles. The maximum Gasteiger partial charge on any atom is 0.342 e. The van der Waals surface area contributed by atoms with Gasteiger partial charge in [-0.05, 0) is 19.4 Å². The third-order valence-electron chi connectivity index (χ3n) is 2.91. The Hall–Kier alpha value is -2.18. The number of rotatable bonds is 7. The molecule has 1 unspecified atom stereocenters. The Bertz CT molecular complexity index is 519. The maximum absolute atomic E-state index is 13.8. The minimum absolute atomic E-state index is 0.0309. The molecule has 0 heterocycles. The number of benzene rings is 1. The molecule has 0 fully saturated rings.